The van der Waals surface area contributed by atoms with Gasteiger partial charge in [0.2, 0.25) is 17.7 Å². The van der Waals surface area contributed by atoms with Crippen LogP contribution in [0.15, 0.2) is 91.1 Å². The summed E-state index contributed by atoms with van der Waals surface area (Å²) in [6.45, 7) is 8.03. The van der Waals surface area contributed by atoms with Gasteiger partial charge in [-0.05, 0) is 57.4 Å². The minimum Gasteiger partial charge on any atom is -0.459 e. The monoisotopic (exact) mass is 713 g/mol. The maximum atomic E-state index is 13.6. The summed E-state index contributed by atoms with van der Waals surface area (Å²) in [5.41, 5.74) is 2.44. The van der Waals surface area contributed by atoms with E-state index in [1.54, 1.807) is 27.0 Å². The van der Waals surface area contributed by atoms with Gasteiger partial charge in [-0.25, -0.2) is 9.59 Å². The number of H-pyrrole nitrogens is 1. The summed E-state index contributed by atoms with van der Waals surface area (Å²) in [6, 6.07) is 21.4. The maximum Gasteiger partial charge on any atom is 0.408 e. The molecule has 4 rings (SSSR count). The molecule has 0 unspecified atom stereocenters. The Hall–Kier alpha value is -5.69. The van der Waals surface area contributed by atoms with E-state index in [0.29, 0.717) is 0 Å². The largest absolute Gasteiger partial charge is 0.459 e. The Balaban J connectivity index is 1.43. The number of para-hydroxylation sites is 1. The molecule has 0 fully saturated rings. The zero-order valence-corrected chi connectivity index (χ0v) is 30.1. The molecule has 0 bridgehead atoms. The zero-order chi connectivity index (χ0) is 37.7. The van der Waals surface area contributed by atoms with E-state index in [9.17, 15) is 24.0 Å². The van der Waals surface area contributed by atoms with Gasteiger partial charge in [0.25, 0.3) is 0 Å². The summed E-state index contributed by atoms with van der Waals surface area (Å²) in [5, 5.41) is 11.4. The van der Waals surface area contributed by atoms with E-state index in [2.05, 4.69) is 26.3 Å². The number of alkyl carbamates (subject to hydrolysis) is 1. The summed E-state index contributed by atoms with van der Waals surface area (Å²) >= 11 is 0. The third-order valence-electron chi connectivity index (χ3n) is 7.82. The molecule has 0 radical (unpaired) electrons. The summed E-state index contributed by atoms with van der Waals surface area (Å²) in [5.74, 6) is -2.64. The molecule has 13 heteroatoms. The van der Waals surface area contributed by atoms with Crippen LogP contribution in [-0.4, -0.2) is 71.1 Å². The summed E-state index contributed by atoms with van der Waals surface area (Å²) in [7, 11) is 0. The fourth-order valence-corrected chi connectivity index (χ4v) is 5.13. The van der Waals surface area contributed by atoms with E-state index < -0.39 is 59.6 Å². The van der Waals surface area contributed by atoms with Crippen molar-refractivity contribution < 1.29 is 38.2 Å². The van der Waals surface area contributed by atoms with Crippen LogP contribution < -0.4 is 21.3 Å². The number of hydrogen-bond donors (Lipinski definition) is 5. The molecule has 0 aliphatic carbocycles. The zero-order valence-electron chi connectivity index (χ0n) is 30.1. The van der Waals surface area contributed by atoms with Crippen molar-refractivity contribution in [3.8, 4) is 0 Å². The molecule has 0 aliphatic rings. The second-order valence-electron chi connectivity index (χ2n) is 13.4. The van der Waals surface area contributed by atoms with Crippen LogP contribution in [0, 0.1) is 0 Å². The number of fused-ring (bicyclic) bond motifs is 1. The molecule has 13 nitrogen and oxygen atoms in total. The second kappa shape index (κ2) is 18.5. The smallest absolute Gasteiger partial charge is 0.408 e. The number of benzene rings is 3. The van der Waals surface area contributed by atoms with E-state index in [1.807, 2.05) is 84.9 Å². The molecule has 0 aliphatic heterocycles. The quantitative estimate of drug-likeness (QED) is 0.108. The standard InChI is InChI=1S/C39H47N5O8/c1-25(41-36(47)33(44-38(49)52-39(3,4)5)24-50-22-27-14-8-6-9-15-27)34(45)43-32(20-29-21-40-31-19-13-12-18-30(29)31)35(46)42-26(2)37(48)51-23-28-16-10-7-11-17-28/h6-19,21,25-26,32-33,40H,20,22-24H2,1-5H3,(H,41,47)(H,42,46)(H,43,45)(H,44,49)/t25-,26-,32+,33+/m1/s1. The first kappa shape index (κ1) is 39.1. The third kappa shape index (κ3) is 12.3. The van der Waals surface area contributed by atoms with Crippen LogP contribution in [0.25, 0.3) is 10.9 Å². The molecule has 4 aromatic rings. The van der Waals surface area contributed by atoms with Gasteiger partial charge in [-0.1, -0.05) is 78.9 Å². The van der Waals surface area contributed by atoms with Crippen LogP contribution in [0.1, 0.15) is 51.3 Å². The van der Waals surface area contributed by atoms with Crippen molar-refractivity contribution in [3.63, 3.8) is 0 Å². The van der Waals surface area contributed by atoms with Gasteiger partial charge in [-0.15, -0.1) is 0 Å². The Kier molecular flexibility index (Phi) is 13.9. The number of esters is 1. The molecular formula is C39H47N5O8. The van der Waals surface area contributed by atoms with Crippen LogP contribution in [0.4, 0.5) is 4.79 Å². The first-order valence-corrected chi connectivity index (χ1v) is 17.1. The molecule has 1 aromatic heterocycles. The van der Waals surface area contributed by atoms with Gasteiger partial charge >= 0.3 is 12.1 Å². The number of carbonyl (C=O) groups is 5. The lowest BCUT2D eigenvalue weighted by Crippen LogP contribution is -2.58. The van der Waals surface area contributed by atoms with Gasteiger partial charge in [0.1, 0.15) is 36.4 Å². The normalized spacial score (nSPS) is 13.6. The first-order valence-electron chi connectivity index (χ1n) is 17.1. The van der Waals surface area contributed by atoms with Crippen molar-refractivity contribution >= 4 is 40.7 Å². The van der Waals surface area contributed by atoms with Crippen LogP contribution in [0.3, 0.4) is 0 Å². The van der Waals surface area contributed by atoms with Crippen LogP contribution >= 0.6 is 0 Å². The lowest BCUT2D eigenvalue weighted by Gasteiger charge is -2.25. The topological polar surface area (TPSA) is 177 Å². The lowest BCUT2D eigenvalue weighted by atomic mass is 10.0. The number of aromatic nitrogens is 1. The molecule has 276 valence electrons. The Morgan fingerprint density at radius 2 is 1.25 bits per heavy atom. The minimum atomic E-state index is -1.21. The summed E-state index contributed by atoms with van der Waals surface area (Å²) in [6.07, 6.45) is 0.992. The number of aromatic amines is 1. The number of ether oxygens (including phenoxy) is 3. The van der Waals surface area contributed by atoms with Gasteiger partial charge < -0.3 is 40.5 Å². The number of rotatable bonds is 16. The highest BCUT2D eigenvalue weighted by Gasteiger charge is 2.31. The Bertz CT molecular complexity index is 1810. The molecule has 52 heavy (non-hydrogen) atoms. The Morgan fingerprint density at radius 1 is 0.673 bits per heavy atom. The van der Waals surface area contributed by atoms with Crippen LogP contribution in [0.5, 0.6) is 0 Å². The molecule has 0 spiro atoms. The Morgan fingerprint density at radius 3 is 1.90 bits per heavy atom. The average molecular weight is 714 g/mol. The van der Waals surface area contributed by atoms with Crippen molar-refractivity contribution in [2.75, 3.05) is 6.61 Å². The van der Waals surface area contributed by atoms with E-state index in [-0.39, 0.29) is 26.2 Å². The van der Waals surface area contributed by atoms with Crippen LogP contribution in [0.2, 0.25) is 0 Å². The molecule has 0 saturated heterocycles. The predicted octanol–water partition coefficient (Wildman–Crippen LogP) is 4.06. The molecular weight excluding hydrogens is 666 g/mol. The molecule has 3 aromatic carbocycles. The maximum absolute atomic E-state index is 13.6. The van der Waals surface area contributed by atoms with Crippen LogP contribution in [-0.2, 0) is 53.0 Å². The SMILES string of the molecule is C[C@@H](NC(=O)[C@H](COCc1ccccc1)NC(=O)OC(C)(C)C)C(=O)N[C@@H](Cc1c[nH]c2ccccc12)C(=O)N[C@H](C)C(=O)OCc1ccccc1. The van der Waals surface area contributed by atoms with Gasteiger partial charge in [-0.3, -0.25) is 14.4 Å². The van der Waals surface area contributed by atoms with E-state index in [0.717, 1.165) is 27.6 Å². The molecule has 1 heterocycles. The van der Waals surface area contributed by atoms with Gasteiger partial charge in [0.15, 0.2) is 0 Å². The number of nitrogens with one attached hydrogen (secondary N) is 5. The van der Waals surface area contributed by atoms with Crippen molar-refractivity contribution in [1.29, 1.82) is 0 Å². The lowest BCUT2D eigenvalue weighted by molar-refractivity contribution is -0.148. The van der Waals surface area contributed by atoms with E-state index >= 15 is 0 Å². The van der Waals surface area contributed by atoms with Gasteiger partial charge in [-0.2, -0.15) is 0 Å². The summed E-state index contributed by atoms with van der Waals surface area (Å²) < 4.78 is 16.5. The van der Waals surface area contributed by atoms with Crippen molar-refractivity contribution in [3.05, 3.63) is 108 Å². The first-order chi connectivity index (χ1) is 24.8. The fraction of sp³-hybridized carbons (Fsp3) is 0.359. The predicted molar refractivity (Wildman–Crippen MR) is 195 cm³/mol. The van der Waals surface area contributed by atoms with Crippen molar-refractivity contribution in [1.82, 2.24) is 26.3 Å². The number of carbonyl (C=O) groups excluding carboxylic acids is 5. The number of hydrogen-bond acceptors (Lipinski definition) is 8. The van der Waals surface area contributed by atoms with Gasteiger partial charge in [0.05, 0.1) is 13.2 Å². The summed E-state index contributed by atoms with van der Waals surface area (Å²) in [4.78, 5) is 69.2. The van der Waals surface area contributed by atoms with Gasteiger partial charge in [0, 0.05) is 23.5 Å². The molecule has 4 atom stereocenters. The molecule has 5 N–H and O–H groups in total. The Labute approximate surface area is 303 Å². The van der Waals surface area contributed by atoms with Crippen molar-refractivity contribution in [2.24, 2.45) is 0 Å². The van der Waals surface area contributed by atoms with E-state index in [4.69, 9.17) is 14.2 Å². The highest BCUT2D eigenvalue weighted by Crippen LogP contribution is 2.19. The second-order valence-corrected chi connectivity index (χ2v) is 13.4. The third-order valence-corrected chi connectivity index (χ3v) is 7.82. The average Bonchev–Trinajstić information content (AvgIpc) is 3.52. The van der Waals surface area contributed by atoms with E-state index in [1.165, 1.54) is 13.8 Å². The molecule has 0 saturated carbocycles. The van der Waals surface area contributed by atoms with Crippen molar-refractivity contribution in [2.45, 2.75) is 84.0 Å². The number of amides is 4. The minimum absolute atomic E-state index is 0.0354. The highest BCUT2D eigenvalue weighted by atomic mass is 16.6. The fourth-order valence-electron chi connectivity index (χ4n) is 5.13. The highest BCUT2D eigenvalue weighted by molar-refractivity contribution is 5.95. The molecule has 4 amide bonds.